The lowest BCUT2D eigenvalue weighted by atomic mass is 9.87. The van der Waals surface area contributed by atoms with Crippen molar-refractivity contribution in [2.75, 3.05) is 0 Å². The third kappa shape index (κ3) is 5.46. The summed E-state index contributed by atoms with van der Waals surface area (Å²) in [6.07, 6.45) is 4.64. The van der Waals surface area contributed by atoms with Crippen LogP contribution in [0, 0.1) is 0 Å². The van der Waals surface area contributed by atoms with Gasteiger partial charge in [0.05, 0.1) is 0 Å². The zero-order valence-electron chi connectivity index (χ0n) is 21.1. The van der Waals surface area contributed by atoms with Crippen LogP contribution in [0.15, 0.2) is 0 Å². The summed E-state index contributed by atoms with van der Waals surface area (Å²) in [5.74, 6) is -0.811. The molecule has 8 nitrogen and oxygen atoms in total. The molecule has 0 radical (unpaired) electrons. The first kappa shape index (κ1) is 27.0. The van der Waals surface area contributed by atoms with Crippen LogP contribution in [0.2, 0.25) is 0 Å². The van der Waals surface area contributed by atoms with Gasteiger partial charge < -0.3 is 9.47 Å². The third-order valence-electron chi connectivity index (χ3n) is 6.58. The molecule has 0 aliphatic carbocycles. The highest BCUT2D eigenvalue weighted by atomic mass is 17.3. The Bertz CT molecular complexity index is 596. The molecule has 0 N–H and O–H groups in total. The summed E-state index contributed by atoms with van der Waals surface area (Å²) in [5, 5.41) is 0. The zero-order chi connectivity index (χ0) is 24.2. The SMILES string of the molecule is CCCC1OOC1(CC)C(=O)OC(C)(C)CCC(C)(C)OC(=O)C1(CC)OOC1CCC. The first-order valence-corrected chi connectivity index (χ1v) is 12.1. The van der Waals surface area contributed by atoms with Crippen molar-refractivity contribution >= 4 is 11.9 Å². The van der Waals surface area contributed by atoms with Crippen LogP contribution in [-0.2, 0) is 38.6 Å². The lowest BCUT2D eigenvalue weighted by molar-refractivity contribution is -0.499. The smallest absolute Gasteiger partial charge is 0.345 e. The summed E-state index contributed by atoms with van der Waals surface area (Å²) in [7, 11) is 0. The number of rotatable bonds is 13. The van der Waals surface area contributed by atoms with Gasteiger partial charge in [0.25, 0.3) is 0 Å². The fourth-order valence-electron chi connectivity index (χ4n) is 4.12. The zero-order valence-corrected chi connectivity index (χ0v) is 21.1. The topological polar surface area (TPSA) is 89.5 Å². The average Bonchev–Trinajstić information content (AvgIpc) is 2.68. The van der Waals surface area contributed by atoms with Gasteiger partial charge in [-0.25, -0.2) is 29.1 Å². The van der Waals surface area contributed by atoms with Gasteiger partial charge in [0.1, 0.15) is 23.4 Å². The molecule has 2 rings (SSSR count). The second kappa shape index (κ2) is 10.4. The van der Waals surface area contributed by atoms with Gasteiger partial charge >= 0.3 is 11.9 Å². The molecule has 2 aliphatic rings. The standard InChI is InChI=1S/C24H42O8/c1-9-13-17-23(11-3,31-29-17)19(25)27-21(5,6)15-16-22(7,8)28-20(26)24(12-4)18(14-10-2)30-32-24/h17-18H,9-16H2,1-8H3. The molecule has 32 heavy (non-hydrogen) atoms. The molecular formula is C24H42O8. The van der Waals surface area contributed by atoms with Crippen molar-refractivity contribution in [3.8, 4) is 0 Å². The number of hydrogen-bond donors (Lipinski definition) is 0. The van der Waals surface area contributed by atoms with E-state index in [2.05, 4.69) is 0 Å². The molecule has 186 valence electrons. The fourth-order valence-corrected chi connectivity index (χ4v) is 4.12. The molecule has 0 spiro atoms. The first-order chi connectivity index (χ1) is 14.9. The molecule has 2 heterocycles. The molecule has 0 amide bonds. The number of hydrogen-bond acceptors (Lipinski definition) is 8. The molecule has 8 heteroatoms. The number of ether oxygens (including phenoxy) is 2. The van der Waals surface area contributed by atoms with E-state index in [1.165, 1.54) is 0 Å². The Morgan fingerprint density at radius 2 is 1.06 bits per heavy atom. The van der Waals surface area contributed by atoms with Gasteiger partial charge in [0, 0.05) is 0 Å². The van der Waals surface area contributed by atoms with E-state index in [-0.39, 0.29) is 12.2 Å². The summed E-state index contributed by atoms with van der Waals surface area (Å²) >= 11 is 0. The molecule has 0 saturated carbocycles. The Morgan fingerprint density at radius 1 is 0.719 bits per heavy atom. The lowest BCUT2D eigenvalue weighted by Gasteiger charge is -2.46. The van der Waals surface area contributed by atoms with Gasteiger partial charge in [-0.1, -0.05) is 40.5 Å². The van der Waals surface area contributed by atoms with E-state index in [0.29, 0.717) is 25.7 Å². The third-order valence-corrected chi connectivity index (χ3v) is 6.58. The van der Waals surface area contributed by atoms with Crippen molar-refractivity contribution in [3.05, 3.63) is 0 Å². The minimum Gasteiger partial charge on any atom is -0.457 e. The summed E-state index contributed by atoms with van der Waals surface area (Å²) in [4.78, 5) is 46.8. The predicted octanol–water partition coefficient (Wildman–Crippen LogP) is 4.97. The van der Waals surface area contributed by atoms with E-state index in [1.54, 1.807) is 0 Å². The Hall–Kier alpha value is -1.22. The van der Waals surface area contributed by atoms with Crippen molar-refractivity contribution in [1.29, 1.82) is 0 Å². The normalized spacial score (nSPS) is 30.2. The average molecular weight is 459 g/mol. The number of esters is 2. The summed E-state index contributed by atoms with van der Waals surface area (Å²) in [6, 6.07) is 0. The van der Waals surface area contributed by atoms with Crippen molar-refractivity contribution in [3.63, 3.8) is 0 Å². The van der Waals surface area contributed by atoms with Crippen LogP contribution >= 0.6 is 0 Å². The summed E-state index contributed by atoms with van der Waals surface area (Å²) in [5.41, 5.74) is -3.61. The molecule has 0 aromatic carbocycles. The molecule has 0 aromatic rings. The number of carbonyl (C=O) groups excluding carboxylic acids is 2. The van der Waals surface area contributed by atoms with E-state index >= 15 is 0 Å². The van der Waals surface area contributed by atoms with Crippen molar-refractivity contribution < 1.29 is 38.6 Å². The van der Waals surface area contributed by atoms with Crippen LogP contribution in [0.4, 0.5) is 0 Å². The fraction of sp³-hybridized carbons (Fsp3) is 0.917. The molecule has 4 atom stereocenters. The second-order valence-corrected chi connectivity index (χ2v) is 10.2. The second-order valence-electron chi connectivity index (χ2n) is 10.2. The van der Waals surface area contributed by atoms with Crippen molar-refractivity contribution in [2.45, 2.75) is 141 Å². The van der Waals surface area contributed by atoms with Gasteiger partial charge in [-0.2, -0.15) is 0 Å². The van der Waals surface area contributed by atoms with Gasteiger partial charge in [0.15, 0.2) is 0 Å². The van der Waals surface area contributed by atoms with Gasteiger partial charge in [-0.15, -0.1) is 0 Å². The van der Waals surface area contributed by atoms with E-state index in [4.69, 9.17) is 29.0 Å². The Morgan fingerprint density at radius 3 is 1.28 bits per heavy atom. The van der Waals surface area contributed by atoms with Crippen LogP contribution in [0.5, 0.6) is 0 Å². The Kier molecular flexibility index (Phi) is 8.76. The van der Waals surface area contributed by atoms with Gasteiger partial charge in [-0.05, 0) is 66.2 Å². The minimum atomic E-state index is -1.04. The number of carbonyl (C=O) groups is 2. The Balaban J connectivity index is 1.94. The molecule has 0 aromatic heterocycles. The van der Waals surface area contributed by atoms with E-state index < -0.39 is 34.3 Å². The summed E-state index contributed by atoms with van der Waals surface area (Å²) < 4.78 is 11.7. The largest absolute Gasteiger partial charge is 0.457 e. The van der Waals surface area contributed by atoms with Crippen LogP contribution in [0.25, 0.3) is 0 Å². The molecule has 2 saturated heterocycles. The minimum absolute atomic E-state index is 0.288. The first-order valence-electron chi connectivity index (χ1n) is 12.1. The van der Waals surface area contributed by atoms with E-state index in [0.717, 1.165) is 25.7 Å². The molecule has 4 unspecified atom stereocenters. The van der Waals surface area contributed by atoms with Gasteiger partial charge in [0.2, 0.25) is 11.2 Å². The van der Waals surface area contributed by atoms with Gasteiger partial charge in [-0.3, -0.25) is 0 Å². The lowest BCUT2D eigenvalue weighted by Crippen LogP contribution is -2.63. The predicted molar refractivity (Wildman–Crippen MR) is 117 cm³/mol. The van der Waals surface area contributed by atoms with Crippen LogP contribution < -0.4 is 0 Å². The van der Waals surface area contributed by atoms with Crippen molar-refractivity contribution in [2.24, 2.45) is 0 Å². The molecule has 2 fully saturated rings. The van der Waals surface area contributed by atoms with Crippen LogP contribution in [0.3, 0.4) is 0 Å². The maximum absolute atomic E-state index is 13.0. The molecule has 0 bridgehead atoms. The summed E-state index contributed by atoms with van der Waals surface area (Å²) in [6.45, 7) is 15.3. The van der Waals surface area contributed by atoms with Crippen LogP contribution in [0.1, 0.15) is 107 Å². The van der Waals surface area contributed by atoms with E-state index in [1.807, 2.05) is 55.4 Å². The highest BCUT2D eigenvalue weighted by molar-refractivity contribution is 5.82. The molecular weight excluding hydrogens is 416 g/mol. The quantitative estimate of drug-likeness (QED) is 0.282. The molecule has 2 aliphatic heterocycles. The Labute approximate surface area is 192 Å². The highest BCUT2D eigenvalue weighted by Gasteiger charge is 2.59. The highest BCUT2D eigenvalue weighted by Crippen LogP contribution is 2.41. The maximum atomic E-state index is 13.0. The van der Waals surface area contributed by atoms with Crippen molar-refractivity contribution in [1.82, 2.24) is 0 Å². The van der Waals surface area contributed by atoms with E-state index in [9.17, 15) is 9.59 Å². The maximum Gasteiger partial charge on any atom is 0.345 e. The van der Waals surface area contributed by atoms with Crippen LogP contribution in [-0.4, -0.2) is 46.6 Å². The monoisotopic (exact) mass is 458 g/mol.